The summed E-state index contributed by atoms with van der Waals surface area (Å²) in [6, 6.07) is 1.81. The van der Waals surface area contributed by atoms with Crippen molar-refractivity contribution >= 4 is 23.2 Å². The van der Waals surface area contributed by atoms with Crippen molar-refractivity contribution in [2.24, 2.45) is 0 Å². The molecule has 0 fully saturated rings. The molecule has 0 radical (unpaired) electrons. The molecule has 0 aromatic carbocycles. The van der Waals surface area contributed by atoms with Crippen LogP contribution in [0.4, 0.5) is 0 Å². The van der Waals surface area contributed by atoms with Crippen LogP contribution in [0.3, 0.4) is 0 Å². The van der Waals surface area contributed by atoms with E-state index in [4.69, 9.17) is 5.11 Å². The molecule has 0 aliphatic heterocycles. The molecular formula is C11H15NO3S. The fraction of sp³-hybridized carbons (Fsp3) is 0.455. The summed E-state index contributed by atoms with van der Waals surface area (Å²) < 4.78 is 0. The Morgan fingerprint density at radius 2 is 2.06 bits per heavy atom. The van der Waals surface area contributed by atoms with Gasteiger partial charge in [-0.05, 0) is 26.8 Å². The molecule has 5 heteroatoms. The lowest BCUT2D eigenvalue weighted by atomic mass is 10.2. The molecule has 0 aliphatic carbocycles. The molecule has 0 spiro atoms. The zero-order valence-electron chi connectivity index (χ0n) is 9.61. The maximum absolute atomic E-state index is 12.0. The van der Waals surface area contributed by atoms with Crippen molar-refractivity contribution < 1.29 is 14.7 Å². The molecular weight excluding hydrogens is 226 g/mol. The van der Waals surface area contributed by atoms with E-state index in [1.165, 1.54) is 4.90 Å². The van der Waals surface area contributed by atoms with E-state index in [2.05, 4.69) is 0 Å². The fourth-order valence-electron chi connectivity index (χ4n) is 1.50. The van der Waals surface area contributed by atoms with Gasteiger partial charge in [-0.25, -0.2) is 0 Å². The molecule has 1 aromatic heterocycles. The Balaban J connectivity index is 2.91. The van der Waals surface area contributed by atoms with E-state index < -0.39 is 5.97 Å². The van der Waals surface area contributed by atoms with Gasteiger partial charge >= 0.3 is 5.97 Å². The van der Waals surface area contributed by atoms with E-state index in [9.17, 15) is 9.59 Å². The van der Waals surface area contributed by atoms with Crippen LogP contribution in [0.25, 0.3) is 0 Å². The van der Waals surface area contributed by atoms with Crippen molar-refractivity contribution in [2.75, 3.05) is 13.1 Å². The topological polar surface area (TPSA) is 57.6 Å². The Hall–Kier alpha value is -1.36. The van der Waals surface area contributed by atoms with E-state index in [1.54, 1.807) is 18.3 Å². The molecule has 0 saturated carbocycles. The highest BCUT2D eigenvalue weighted by molar-refractivity contribution is 7.12. The molecule has 0 bridgehead atoms. The molecule has 1 aromatic rings. The van der Waals surface area contributed by atoms with Gasteiger partial charge in [0.1, 0.15) is 6.54 Å². The maximum Gasteiger partial charge on any atom is 0.323 e. The first-order chi connectivity index (χ1) is 7.45. The minimum absolute atomic E-state index is 0.202. The van der Waals surface area contributed by atoms with E-state index in [-0.39, 0.29) is 12.5 Å². The van der Waals surface area contributed by atoms with Crippen molar-refractivity contribution in [2.45, 2.75) is 20.8 Å². The van der Waals surface area contributed by atoms with Gasteiger partial charge in [0.25, 0.3) is 5.91 Å². The van der Waals surface area contributed by atoms with Crippen molar-refractivity contribution in [3.05, 3.63) is 21.4 Å². The predicted octanol–water partition coefficient (Wildman–Crippen LogP) is 1.91. The van der Waals surface area contributed by atoms with Gasteiger partial charge in [-0.1, -0.05) is 0 Å². The largest absolute Gasteiger partial charge is 0.480 e. The molecule has 4 nitrogen and oxygen atoms in total. The van der Waals surface area contributed by atoms with Crippen LogP contribution in [0.2, 0.25) is 0 Å². The highest BCUT2D eigenvalue weighted by Gasteiger charge is 2.19. The summed E-state index contributed by atoms with van der Waals surface area (Å²) in [5.74, 6) is -1.19. The Morgan fingerprint density at radius 3 is 2.44 bits per heavy atom. The highest BCUT2D eigenvalue weighted by atomic mass is 32.1. The Morgan fingerprint density at radius 1 is 1.44 bits per heavy atom. The van der Waals surface area contributed by atoms with E-state index in [0.29, 0.717) is 12.1 Å². The van der Waals surface area contributed by atoms with Crippen LogP contribution in [-0.4, -0.2) is 35.0 Å². The number of aryl methyl sites for hydroxylation is 2. The van der Waals surface area contributed by atoms with Gasteiger partial charge in [0, 0.05) is 16.3 Å². The molecule has 0 saturated heterocycles. The highest BCUT2D eigenvalue weighted by Crippen LogP contribution is 2.21. The summed E-state index contributed by atoms with van der Waals surface area (Å²) in [6.07, 6.45) is 0. The van der Waals surface area contributed by atoms with Crippen molar-refractivity contribution in [3.63, 3.8) is 0 Å². The molecule has 0 aliphatic rings. The number of carbonyl (C=O) groups is 2. The minimum Gasteiger partial charge on any atom is -0.480 e. The van der Waals surface area contributed by atoms with Crippen LogP contribution in [0, 0.1) is 13.8 Å². The number of thiophene rings is 1. The standard InChI is InChI=1S/C11H15NO3S/c1-4-12(6-10(13)14)11(15)9-5-7(2)16-8(9)3/h5H,4,6H2,1-3H3,(H,13,14). The third-order valence-electron chi connectivity index (χ3n) is 2.27. The Kier molecular flexibility index (Phi) is 4.06. The van der Waals surface area contributed by atoms with Crippen LogP contribution < -0.4 is 0 Å². The van der Waals surface area contributed by atoms with Gasteiger partial charge in [-0.15, -0.1) is 11.3 Å². The summed E-state index contributed by atoms with van der Waals surface area (Å²) >= 11 is 1.55. The normalized spacial score (nSPS) is 10.2. The van der Waals surface area contributed by atoms with E-state index in [0.717, 1.165) is 9.75 Å². The number of likely N-dealkylation sites (N-methyl/N-ethyl adjacent to an activating group) is 1. The van der Waals surface area contributed by atoms with Crippen LogP contribution >= 0.6 is 11.3 Å². The molecule has 1 heterocycles. The first kappa shape index (κ1) is 12.7. The number of hydrogen-bond donors (Lipinski definition) is 1. The Labute approximate surface area is 98.5 Å². The van der Waals surface area contributed by atoms with Crippen LogP contribution in [0.15, 0.2) is 6.07 Å². The Bertz CT molecular complexity index is 411. The first-order valence-electron chi connectivity index (χ1n) is 5.03. The second-order valence-electron chi connectivity index (χ2n) is 3.54. The van der Waals surface area contributed by atoms with Gasteiger partial charge < -0.3 is 10.0 Å². The molecule has 0 atom stereocenters. The summed E-state index contributed by atoms with van der Waals surface area (Å²) in [7, 11) is 0. The number of hydrogen-bond acceptors (Lipinski definition) is 3. The molecule has 1 rings (SSSR count). The third kappa shape index (κ3) is 2.82. The second-order valence-corrected chi connectivity index (χ2v) is 5.00. The van der Waals surface area contributed by atoms with Gasteiger partial charge in [-0.2, -0.15) is 0 Å². The smallest absolute Gasteiger partial charge is 0.323 e. The average Bonchev–Trinajstić information content (AvgIpc) is 2.53. The monoisotopic (exact) mass is 241 g/mol. The third-order valence-corrected chi connectivity index (χ3v) is 3.23. The second kappa shape index (κ2) is 5.12. The van der Waals surface area contributed by atoms with Crippen LogP contribution in [0.5, 0.6) is 0 Å². The van der Waals surface area contributed by atoms with Gasteiger partial charge in [0.2, 0.25) is 0 Å². The number of carboxylic acid groups (broad SMARTS) is 1. The summed E-state index contributed by atoms with van der Waals surface area (Å²) in [6.45, 7) is 5.74. The maximum atomic E-state index is 12.0. The van der Waals surface area contributed by atoms with Crippen molar-refractivity contribution in [3.8, 4) is 0 Å². The average molecular weight is 241 g/mol. The molecule has 1 N–H and O–H groups in total. The van der Waals surface area contributed by atoms with Gasteiger partial charge in [0.05, 0.1) is 5.56 Å². The number of aliphatic carboxylic acids is 1. The quantitative estimate of drug-likeness (QED) is 0.876. The first-order valence-corrected chi connectivity index (χ1v) is 5.85. The molecule has 0 unspecified atom stereocenters. The zero-order valence-corrected chi connectivity index (χ0v) is 10.4. The number of carboxylic acids is 1. The zero-order chi connectivity index (χ0) is 12.3. The number of amides is 1. The summed E-state index contributed by atoms with van der Waals surface area (Å²) in [4.78, 5) is 25.9. The van der Waals surface area contributed by atoms with Crippen molar-refractivity contribution in [1.82, 2.24) is 4.90 Å². The lowest BCUT2D eigenvalue weighted by Crippen LogP contribution is -2.35. The fourth-order valence-corrected chi connectivity index (χ4v) is 2.42. The number of carbonyl (C=O) groups excluding carboxylic acids is 1. The number of nitrogens with zero attached hydrogens (tertiary/aromatic N) is 1. The van der Waals surface area contributed by atoms with E-state index >= 15 is 0 Å². The predicted molar refractivity (Wildman–Crippen MR) is 63.0 cm³/mol. The lowest BCUT2D eigenvalue weighted by Gasteiger charge is -2.18. The van der Waals surface area contributed by atoms with Crippen LogP contribution in [-0.2, 0) is 4.79 Å². The molecule has 16 heavy (non-hydrogen) atoms. The van der Waals surface area contributed by atoms with Crippen molar-refractivity contribution in [1.29, 1.82) is 0 Å². The molecule has 1 amide bonds. The lowest BCUT2D eigenvalue weighted by molar-refractivity contribution is -0.137. The number of rotatable bonds is 4. The minimum atomic E-state index is -0.986. The molecule has 88 valence electrons. The summed E-state index contributed by atoms with van der Waals surface area (Å²) in [5.41, 5.74) is 0.616. The van der Waals surface area contributed by atoms with E-state index in [1.807, 2.05) is 19.9 Å². The van der Waals surface area contributed by atoms with Gasteiger partial charge in [0.15, 0.2) is 0 Å². The SMILES string of the molecule is CCN(CC(=O)O)C(=O)c1cc(C)sc1C. The van der Waals surface area contributed by atoms with Gasteiger partial charge in [-0.3, -0.25) is 9.59 Å². The van der Waals surface area contributed by atoms with Crippen LogP contribution in [0.1, 0.15) is 27.0 Å². The summed E-state index contributed by atoms with van der Waals surface area (Å²) in [5, 5.41) is 8.69.